The van der Waals surface area contributed by atoms with Gasteiger partial charge >= 0.3 is 19.7 Å². The second-order valence-corrected chi connectivity index (χ2v) is 18.4. The van der Waals surface area contributed by atoms with E-state index in [9.17, 15) is 27.7 Å². The van der Waals surface area contributed by atoms with Gasteiger partial charge in [0.2, 0.25) is 16.4 Å². The van der Waals surface area contributed by atoms with Crippen molar-refractivity contribution in [2.45, 2.75) is 82.5 Å². The maximum absolute atomic E-state index is 14.0. The molecule has 0 aromatic heterocycles. The highest BCUT2D eigenvalue weighted by atomic mass is 32.2. The van der Waals surface area contributed by atoms with Crippen LogP contribution in [-0.2, 0) is 49.3 Å². The number of hydrogen-bond acceptors (Lipinski definition) is 14. The number of carbonyl (C=O) groups is 2. The number of para-hydroxylation sites is 1. The molecule has 2 fully saturated rings. The number of carbonyl (C=O) groups excluding carboxylic acids is 2. The van der Waals surface area contributed by atoms with Gasteiger partial charge in [-0.05, 0) is 86.2 Å². The van der Waals surface area contributed by atoms with Gasteiger partial charge in [0.25, 0.3) is 0 Å². The second kappa shape index (κ2) is 21.3. The van der Waals surface area contributed by atoms with E-state index in [4.69, 9.17) is 37.5 Å². The molecule has 0 aliphatic carbocycles. The molecular weight excluding hydrogens is 807 g/mol. The summed E-state index contributed by atoms with van der Waals surface area (Å²) < 4.78 is 87.7. The average molecular weight is 863 g/mol. The van der Waals surface area contributed by atoms with Crippen molar-refractivity contribution in [1.29, 1.82) is 0 Å². The second-order valence-electron chi connectivity index (χ2n) is 14.6. The fourth-order valence-corrected chi connectivity index (χ4v) is 9.78. The normalized spacial score (nSPS) is 20.2. The van der Waals surface area contributed by atoms with Crippen molar-refractivity contribution in [3.05, 3.63) is 84.4 Å². The molecule has 0 radical (unpaired) electrons. The smallest absolute Gasteiger partial charge is 0.417 e. The molecule has 2 unspecified atom stereocenters. The minimum absolute atomic E-state index is 0.0236. The third-order valence-electron chi connectivity index (χ3n) is 9.63. The number of sulfonamides is 1. The third-order valence-corrected chi connectivity index (χ3v) is 13.0. The first-order chi connectivity index (χ1) is 28.2. The predicted octanol–water partition coefficient (Wildman–Crippen LogP) is 5.77. The number of ether oxygens (including phenoxy) is 6. The number of esters is 1. The summed E-state index contributed by atoms with van der Waals surface area (Å²) in [6.45, 7) is 7.60. The molecule has 16 nitrogen and oxygen atoms in total. The van der Waals surface area contributed by atoms with Crippen molar-refractivity contribution in [1.82, 2.24) is 9.62 Å². The number of methoxy groups -OCH3 is 1. The lowest BCUT2D eigenvalue weighted by molar-refractivity contribution is -0.151. The van der Waals surface area contributed by atoms with E-state index in [-0.39, 0.29) is 67.4 Å². The molecule has 1 amide bonds. The first-order valence-corrected chi connectivity index (χ1v) is 22.8. The molecule has 59 heavy (non-hydrogen) atoms. The van der Waals surface area contributed by atoms with E-state index in [1.165, 1.54) is 23.5 Å². The zero-order chi connectivity index (χ0) is 42.6. The molecule has 0 bridgehead atoms. The molecule has 2 saturated heterocycles. The van der Waals surface area contributed by atoms with Crippen LogP contribution in [0.1, 0.15) is 46.1 Å². The van der Waals surface area contributed by atoms with E-state index in [1.807, 2.05) is 13.8 Å². The maximum Gasteiger partial charge on any atom is 0.417 e. The fraction of sp³-hybridized carbons (Fsp3) is 0.512. The summed E-state index contributed by atoms with van der Waals surface area (Å²) in [6.07, 6.45) is -3.99. The van der Waals surface area contributed by atoms with Crippen LogP contribution in [0.3, 0.4) is 0 Å². The Kier molecular flexibility index (Phi) is 16.6. The molecule has 3 aromatic carbocycles. The average Bonchev–Trinajstić information content (AvgIpc) is 3.85. The molecule has 2 N–H and O–H groups in total. The van der Waals surface area contributed by atoms with Crippen molar-refractivity contribution in [3.8, 4) is 17.2 Å². The number of alkyl carbamates (subject to hydrolysis) is 1. The molecule has 5 rings (SSSR count). The fourth-order valence-electron chi connectivity index (χ4n) is 6.63. The van der Waals surface area contributed by atoms with Crippen molar-refractivity contribution in [3.63, 3.8) is 0 Å². The van der Waals surface area contributed by atoms with E-state index < -0.39 is 66.7 Å². The van der Waals surface area contributed by atoms with Crippen LogP contribution < -0.4 is 19.3 Å². The Morgan fingerprint density at radius 1 is 0.949 bits per heavy atom. The number of aliphatic hydroxyl groups is 1. The van der Waals surface area contributed by atoms with E-state index >= 15 is 0 Å². The summed E-state index contributed by atoms with van der Waals surface area (Å²) in [5, 5.41) is 14.5. The van der Waals surface area contributed by atoms with Crippen LogP contribution in [0.5, 0.6) is 17.2 Å². The highest BCUT2D eigenvalue weighted by Gasteiger charge is 2.44. The number of nitrogens with zero attached hydrogens (tertiary/aromatic N) is 1. The zero-order valence-electron chi connectivity index (χ0n) is 34.0. The van der Waals surface area contributed by atoms with Crippen molar-refractivity contribution < 1.29 is 65.1 Å². The third kappa shape index (κ3) is 12.9. The van der Waals surface area contributed by atoms with Crippen LogP contribution in [0.4, 0.5) is 4.79 Å². The van der Waals surface area contributed by atoms with Crippen molar-refractivity contribution in [2.24, 2.45) is 11.8 Å². The summed E-state index contributed by atoms with van der Waals surface area (Å²) in [6, 6.07) is 19.9. The summed E-state index contributed by atoms with van der Waals surface area (Å²) in [5.41, 5.74) is 0.636. The molecule has 324 valence electrons. The molecule has 2 aliphatic rings. The Bertz CT molecular complexity index is 1950. The van der Waals surface area contributed by atoms with Crippen molar-refractivity contribution in [2.75, 3.05) is 46.4 Å². The standard InChI is InChI=1S/C41H55N2O14PS/c1-6-37(39(45)51-7-2)57-58(47,56-32-11-9-8-10-12-32)27-54-31-15-13-29(14-16-31)23-35(42-41(46)55-38-26-53-40-34(38)21-22-52-40)36(44)25-43(24-28(3)4)59(48,49)33-19-17-30(50-5)18-20-33/h8-20,28,34-38,40,44H,6-7,21-27H2,1-5H3,(H,42,46)/t34?,35-,36+,37+,38-,40+,58?/m0/s1. The minimum Gasteiger partial charge on any atom is -0.497 e. The summed E-state index contributed by atoms with van der Waals surface area (Å²) in [7, 11) is -6.70. The minimum atomic E-state index is -4.10. The Balaban J connectivity index is 1.33. The van der Waals surface area contributed by atoms with Gasteiger partial charge in [-0.25, -0.2) is 22.6 Å². The van der Waals surface area contributed by atoms with Gasteiger partial charge in [-0.15, -0.1) is 0 Å². The first kappa shape index (κ1) is 45.9. The van der Waals surface area contributed by atoms with Crippen LogP contribution in [0.25, 0.3) is 0 Å². The van der Waals surface area contributed by atoms with Crippen LogP contribution in [0.2, 0.25) is 0 Å². The van der Waals surface area contributed by atoms with Gasteiger partial charge in [-0.1, -0.05) is 51.1 Å². The first-order valence-electron chi connectivity index (χ1n) is 19.7. The number of nitrogens with one attached hydrogen (secondary N) is 1. The number of hydrogen-bond donors (Lipinski definition) is 2. The quantitative estimate of drug-likeness (QED) is 0.0913. The Labute approximate surface area is 345 Å². The predicted molar refractivity (Wildman–Crippen MR) is 216 cm³/mol. The number of amides is 1. The van der Waals surface area contributed by atoms with E-state index in [2.05, 4.69) is 5.32 Å². The van der Waals surface area contributed by atoms with Gasteiger partial charge in [0, 0.05) is 13.1 Å². The molecule has 7 atom stereocenters. The molecule has 2 aliphatic heterocycles. The number of aliphatic hydroxyl groups excluding tert-OH is 1. The molecule has 18 heteroatoms. The Hall–Kier alpha value is -4.22. The van der Waals surface area contributed by atoms with Gasteiger partial charge < -0.3 is 43.4 Å². The Morgan fingerprint density at radius 3 is 2.29 bits per heavy atom. The number of rotatable bonds is 22. The van der Waals surface area contributed by atoms with Crippen LogP contribution in [0, 0.1) is 11.8 Å². The molecular formula is C41H55N2O14PS. The number of benzene rings is 3. The SMILES string of the molecule is CCOC(=O)[C@@H](CC)OP(=O)(COc1ccc(C[C@H](NC(=O)O[C@H]2CO[C@H]3OCCC32)[C@H](O)CN(CC(C)C)S(=O)(=O)c2ccc(OC)cc2)cc1)Oc1ccccc1. The van der Waals surface area contributed by atoms with Gasteiger partial charge in [0.1, 0.15) is 23.4 Å². The van der Waals surface area contributed by atoms with E-state index in [0.29, 0.717) is 24.3 Å². The highest BCUT2D eigenvalue weighted by Crippen LogP contribution is 2.50. The summed E-state index contributed by atoms with van der Waals surface area (Å²) in [4.78, 5) is 25.9. The topological polar surface area (TPSA) is 195 Å². The molecule has 3 aromatic rings. The summed E-state index contributed by atoms with van der Waals surface area (Å²) >= 11 is 0. The lowest BCUT2D eigenvalue weighted by Crippen LogP contribution is -2.51. The lowest BCUT2D eigenvalue weighted by atomic mass is 10.0. The Morgan fingerprint density at radius 2 is 1.64 bits per heavy atom. The summed E-state index contributed by atoms with van der Waals surface area (Å²) in [5.74, 6) is 0.133. The van der Waals surface area contributed by atoms with Crippen LogP contribution in [0.15, 0.2) is 83.8 Å². The zero-order valence-corrected chi connectivity index (χ0v) is 35.7. The number of fused-ring (bicyclic) bond motifs is 1. The molecule has 2 heterocycles. The van der Waals surface area contributed by atoms with Gasteiger partial charge in [-0.2, -0.15) is 4.31 Å². The van der Waals surface area contributed by atoms with Crippen LogP contribution >= 0.6 is 7.60 Å². The lowest BCUT2D eigenvalue weighted by Gasteiger charge is -2.31. The van der Waals surface area contributed by atoms with Crippen molar-refractivity contribution >= 4 is 29.7 Å². The monoisotopic (exact) mass is 862 g/mol. The van der Waals surface area contributed by atoms with Gasteiger partial charge in [-0.3, -0.25) is 4.52 Å². The van der Waals surface area contributed by atoms with Crippen LogP contribution in [-0.4, -0.2) is 107 Å². The maximum atomic E-state index is 14.0. The largest absolute Gasteiger partial charge is 0.497 e. The van der Waals surface area contributed by atoms with Gasteiger partial charge in [0.05, 0.1) is 49.9 Å². The van der Waals surface area contributed by atoms with Gasteiger partial charge in [0.15, 0.2) is 12.4 Å². The molecule has 0 saturated carbocycles. The molecule has 0 spiro atoms. The van der Waals surface area contributed by atoms with E-state index in [0.717, 1.165) is 0 Å². The highest BCUT2D eigenvalue weighted by molar-refractivity contribution is 7.89. The van der Waals surface area contributed by atoms with E-state index in [1.54, 1.807) is 80.6 Å².